The third-order valence-corrected chi connectivity index (χ3v) is 3.39. The fourth-order valence-electron chi connectivity index (χ4n) is 2.29. The highest BCUT2D eigenvalue weighted by molar-refractivity contribution is 5.83. The van der Waals surface area contributed by atoms with Gasteiger partial charge in [0, 0.05) is 16.7 Å². The van der Waals surface area contributed by atoms with E-state index in [0.29, 0.717) is 6.07 Å². The fraction of sp³-hybridized carbons (Fsp3) is 0.235. The minimum Gasteiger partial charge on any atom is -0.493 e. The zero-order chi connectivity index (χ0) is 18.8. The molecule has 0 aliphatic heterocycles. The summed E-state index contributed by atoms with van der Waals surface area (Å²) < 4.78 is 85.0. The van der Waals surface area contributed by atoms with Crippen molar-refractivity contribution in [3.05, 3.63) is 53.3 Å². The molecule has 8 heteroatoms. The molecule has 0 aliphatic carbocycles. The molecule has 0 unspecified atom stereocenters. The molecular weight excluding hydrogens is 350 g/mol. The summed E-state index contributed by atoms with van der Waals surface area (Å²) in [5.74, 6) is -6.24. The lowest BCUT2D eigenvalue weighted by Crippen LogP contribution is -2.34. The maximum atomic E-state index is 14.1. The normalized spacial score (nSPS) is 12.1. The molecule has 0 heterocycles. The zero-order valence-corrected chi connectivity index (χ0v) is 12.8. The first-order valence-corrected chi connectivity index (χ1v) is 7.08. The number of hydrogen-bond donors (Lipinski definition) is 0. The Kier molecular flexibility index (Phi) is 5.10. The van der Waals surface area contributed by atoms with E-state index >= 15 is 0 Å². The van der Waals surface area contributed by atoms with Crippen molar-refractivity contribution in [2.24, 2.45) is 0 Å². The molecular formula is C17H12F6O2. The van der Waals surface area contributed by atoms with Gasteiger partial charge in [-0.05, 0) is 36.8 Å². The van der Waals surface area contributed by atoms with Gasteiger partial charge in [-0.2, -0.15) is 22.0 Å². The summed E-state index contributed by atoms with van der Waals surface area (Å²) in [5, 5.41) is 0. The average molecular weight is 362 g/mol. The van der Waals surface area contributed by atoms with Crippen LogP contribution >= 0.6 is 0 Å². The molecule has 0 radical (unpaired) electrons. The second-order valence-electron chi connectivity index (χ2n) is 5.07. The summed E-state index contributed by atoms with van der Waals surface area (Å²) in [5.41, 5.74) is -2.47. The summed E-state index contributed by atoms with van der Waals surface area (Å²) in [6.45, 7) is 1.47. The lowest BCUT2D eigenvalue weighted by atomic mass is 9.92. The van der Waals surface area contributed by atoms with Crippen LogP contribution in [0.5, 0.6) is 5.75 Å². The van der Waals surface area contributed by atoms with Crippen LogP contribution < -0.4 is 4.74 Å². The van der Waals surface area contributed by atoms with Crippen LogP contribution in [0.1, 0.15) is 22.8 Å². The SMILES string of the molecule is CCOc1cc(C=O)cc(C(F)(F)C(F)(F)F)c1-c1ccc(F)cc1. The van der Waals surface area contributed by atoms with Crippen LogP contribution in [-0.4, -0.2) is 19.1 Å². The number of ether oxygens (including phenoxy) is 1. The summed E-state index contributed by atoms with van der Waals surface area (Å²) >= 11 is 0. The molecule has 0 saturated carbocycles. The van der Waals surface area contributed by atoms with Crippen molar-refractivity contribution in [1.82, 2.24) is 0 Å². The number of halogens is 6. The van der Waals surface area contributed by atoms with Gasteiger partial charge >= 0.3 is 12.1 Å². The quantitative estimate of drug-likeness (QED) is 0.529. The molecule has 0 N–H and O–H groups in total. The molecule has 2 nitrogen and oxygen atoms in total. The number of aldehydes is 1. The Balaban J connectivity index is 2.85. The highest BCUT2D eigenvalue weighted by Gasteiger charge is 2.60. The van der Waals surface area contributed by atoms with Crippen LogP contribution in [0.2, 0.25) is 0 Å². The maximum Gasteiger partial charge on any atom is 0.458 e. The first-order chi connectivity index (χ1) is 11.6. The van der Waals surface area contributed by atoms with Crippen LogP contribution in [-0.2, 0) is 5.92 Å². The van der Waals surface area contributed by atoms with Gasteiger partial charge in [-0.15, -0.1) is 0 Å². The van der Waals surface area contributed by atoms with Gasteiger partial charge < -0.3 is 4.74 Å². The molecule has 0 spiro atoms. The number of alkyl halides is 5. The van der Waals surface area contributed by atoms with Crippen molar-refractivity contribution in [3.63, 3.8) is 0 Å². The predicted molar refractivity (Wildman–Crippen MR) is 78.3 cm³/mol. The molecule has 2 aromatic carbocycles. The number of benzene rings is 2. The number of carbonyl (C=O) groups is 1. The van der Waals surface area contributed by atoms with Crippen LogP contribution in [0, 0.1) is 5.82 Å². The average Bonchev–Trinajstić information content (AvgIpc) is 2.54. The fourth-order valence-corrected chi connectivity index (χ4v) is 2.29. The van der Waals surface area contributed by atoms with Gasteiger partial charge in [-0.3, -0.25) is 4.79 Å². The molecule has 0 saturated heterocycles. The van der Waals surface area contributed by atoms with E-state index < -0.39 is 34.6 Å². The van der Waals surface area contributed by atoms with Crippen molar-refractivity contribution < 1.29 is 35.9 Å². The minimum absolute atomic E-state index is 0.0342. The second kappa shape index (κ2) is 6.78. The number of carbonyl (C=O) groups excluding carboxylic acids is 1. The lowest BCUT2D eigenvalue weighted by Gasteiger charge is -2.24. The van der Waals surface area contributed by atoms with E-state index in [1.54, 1.807) is 0 Å². The summed E-state index contributed by atoms with van der Waals surface area (Å²) in [7, 11) is 0. The largest absolute Gasteiger partial charge is 0.493 e. The topological polar surface area (TPSA) is 26.3 Å². The van der Waals surface area contributed by atoms with E-state index in [1.807, 2.05) is 0 Å². The van der Waals surface area contributed by atoms with Crippen LogP contribution in [0.15, 0.2) is 36.4 Å². The number of rotatable bonds is 5. The number of hydrogen-bond acceptors (Lipinski definition) is 2. The lowest BCUT2D eigenvalue weighted by molar-refractivity contribution is -0.289. The van der Waals surface area contributed by atoms with E-state index in [9.17, 15) is 31.1 Å². The molecule has 0 atom stereocenters. The van der Waals surface area contributed by atoms with Crippen LogP contribution in [0.3, 0.4) is 0 Å². The standard InChI is InChI=1S/C17H12F6O2/c1-2-25-14-8-10(9-24)7-13(16(19,20)17(21,22)23)15(14)11-3-5-12(18)6-4-11/h3-9H,2H2,1H3. The second-order valence-corrected chi connectivity index (χ2v) is 5.07. The monoisotopic (exact) mass is 362 g/mol. The van der Waals surface area contributed by atoms with Crippen molar-refractivity contribution >= 4 is 6.29 Å². The van der Waals surface area contributed by atoms with Gasteiger partial charge in [0.15, 0.2) is 0 Å². The van der Waals surface area contributed by atoms with E-state index in [1.165, 1.54) is 6.92 Å². The first-order valence-electron chi connectivity index (χ1n) is 7.08. The zero-order valence-electron chi connectivity index (χ0n) is 12.8. The summed E-state index contributed by atoms with van der Waals surface area (Å²) in [4.78, 5) is 11.0. The molecule has 134 valence electrons. The van der Waals surface area contributed by atoms with Crippen molar-refractivity contribution in [3.8, 4) is 16.9 Å². The molecule has 0 amide bonds. The molecule has 0 aliphatic rings. The van der Waals surface area contributed by atoms with Crippen LogP contribution in [0.25, 0.3) is 11.1 Å². The van der Waals surface area contributed by atoms with Gasteiger partial charge in [-0.25, -0.2) is 4.39 Å². The van der Waals surface area contributed by atoms with Gasteiger partial charge in [0.05, 0.1) is 6.61 Å². The van der Waals surface area contributed by atoms with Gasteiger partial charge in [0.25, 0.3) is 0 Å². The molecule has 0 aromatic heterocycles. The van der Waals surface area contributed by atoms with E-state index in [0.717, 1.165) is 30.3 Å². The van der Waals surface area contributed by atoms with Crippen molar-refractivity contribution in [2.45, 2.75) is 19.0 Å². The maximum absolute atomic E-state index is 14.1. The van der Waals surface area contributed by atoms with Crippen LogP contribution in [0.4, 0.5) is 26.3 Å². The van der Waals surface area contributed by atoms with Gasteiger partial charge in [0.2, 0.25) is 0 Å². The van der Waals surface area contributed by atoms with E-state index in [4.69, 9.17) is 4.74 Å². The summed E-state index contributed by atoms with van der Waals surface area (Å²) in [6, 6.07) is 5.49. The van der Waals surface area contributed by atoms with E-state index in [-0.39, 0.29) is 24.2 Å². The third-order valence-electron chi connectivity index (χ3n) is 3.39. The van der Waals surface area contributed by atoms with Gasteiger partial charge in [-0.1, -0.05) is 12.1 Å². The van der Waals surface area contributed by atoms with Crippen molar-refractivity contribution in [1.29, 1.82) is 0 Å². The molecule has 2 aromatic rings. The predicted octanol–water partition coefficient (Wildman–Crippen LogP) is 5.36. The highest BCUT2D eigenvalue weighted by Crippen LogP contribution is 2.49. The Hall–Kier alpha value is -2.51. The molecule has 25 heavy (non-hydrogen) atoms. The Morgan fingerprint density at radius 3 is 2.12 bits per heavy atom. The molecule has 0 bridgehead atoms. The Morgan fingerprint density at radius 2 is 1.64 bits per heavy atom. The smallest absolute Gasteiger partial charge is 0.458 e. The van der Waals surface area contributed by atoms with E-state index in [2.05, 4.69) is 0 Å². The Morgan fingerprint density at radius 1 is 1.04 bits per heavy atom. The molecule has 0 fully saturated rings. The first kappa shape index (κ1) is 18.8. The van der Waals surface area contributed by atoms with Crippen molar-refractivity contribution in [2.75, 3.05) is 6.61 Å². The third kappa shape index (κ3) is 3.62. The summed E-state index contributed by atoms with van der Waals surface area (Å²) in [6.07, 6.45) is -5.74. The Labute approximate surface area is 139 Å². The Bertz CT molecular complexity index is 766. The minimum atomic E-state index is -5.88. The highest BCUT2D eigenvalue weighted by atomic mass is 19.4. The molecule has 2 rings (SSSR count). The van der Waals surface area contributed by atoms with Gasteiger partial charge in [0.1, 0.15) is 17.9 Å².